The number of hydrogen-bond donors (Lipinski definition) is 1. The fraction of sp³-hybridized carbons (Fsp3) is 0.500. The molecule has 1 unspecified atom stereocenters. The van der Waals surface area contributed by atoms with E-state index in [9.17, 15) is 14.7 Å². The molecule has 2 rings (SSSR count). The van der Waals surface area contributed by atoms with E-state index in [4.69, 9.17) is 11.6 Å². The number of carbonyl (C=O) groups is 2. The van der Waals surface area contributed by atoms with Crippen molar-refractivity contribution < 1.29 is 14.7 Å². The van der Waals surface area contributed by atoms with Crippen molar-refractivity contribution >= 4 is 35.2 Å². The normalized spacial score (nSPS) is 21.6. The molecule has 0 spiro atoms. The van der Waals surface area contributed by atoms with Gasteiger partial charge in [-0.2, -0.15) is 0 Å². The molecule has 4 nitrogen and oxygen atoms in total. The van der Waals surface area contributed by atoms with Crippen LogP contribution in [-0.2, 0) is 15.3 Å². The van der Waals surface area contributed by atoms with Crippen LogP contribution in [0.15, 0.2) is 24.3 Å². The first-order chi connectivity index (χ1) is 10.4. The maximum Gasteiger partial charge on any atom is 0.311 e. The van der Waals surface area contributed by atoms with Gasteiger partial charge in [-0.05, 0) is 37.5 Å². The van der Waals surface area contributed by atoms with Crippen LogP contribution in [0.5, 0.6) is 0 Å². The molecule has 1 amide bonds. The molecule has 1 aromatic carbocycles. The molecule has 1 N–H and O–H groups in total. The van der Waals surface area contributed by atoms with Crippen LogP contribution in [0, 0.1) is 5.41 Å². The van der Waals surface area contributed by atoms with Gasteiger partial charge in [0.15, 0.2) is 0 Å². The number of benzene rings is 1. The Morgan fingerprint density at radius 1 is 1.36 bits per heavy atom. The van der Waals surface area contributed by atoms with Crippen LogP contribution < -0.4 is 0 Å². The average molecular weight is 342 g/mol. The molecule has 6 heteroatoms. The summed E-state index contributed by atoms with van der Waals surface area (Å²) in [5.41, 5.74) is 0.311. The zero-order valence-electron chi connectivity index (χ0n) is 12.5. The topological polar surface area (TPSA) is 57.6 Å². The lowest BCUT2D eigenvalue weighted by Crippen LogP contribution is -2.48. The number of nitrogens with zero attached hydrogens (tertiary/aromatic N) is 1. The Labute approximate surface area is 139 Å². The molecule has 1 aliphatic rings. The molecule has 0 bridgehead atoms. The summed E-state index contributed by atoms with van der Waals surface area (Å²) in [6.07, 6.45) is 1.38. The van der Waals surface area contributed by atoms with E-state index < -0.39 is 11.4 Å². The van der Waals surface area contributed by atoms with Crippen LogP contribution in [0.3, 0.4) is 0 Å². The zero-order chi connectivity index (χ0) is 16.2. The number of amides is 1. The fourth-order valence-corrected chi connectivity index (χ4v) is 3.57. The molecule has 1 aliphatic heterocycles. The monoisotopic (exact) mass is 341 g/mol. The van der Waals surface area contributed by atoms with Gasteiger partial charge >= 0.3 is 5.97 Å². The maximum atomic E-state index is 12.2. The minimum atomic E-state index is -0.821. The highest BCUT2D eigenvalue weighted by atomic mass is 35.5. The van der Waals surface area contributed by atoms with Gasteiger partial charge in [-0.3, -0.25) is 9.59 Å². The van der Waals surface area contributed by atoms with Crippen LogP contribution in [0.2, 0.25) is 5.02 Å². The summed E-state index contributed by atoms with van der Waals surface area (Å²) in [6.45, 7) is 2.68. The Morgan fingerprint density at radius 2 is 2.05 bits per heavy atom. The minimum absolute atomic E-state index is 0.0196. The van der Waals surface area contributed by atoms with E-state index in [0.29, 0.717) is 30.3 Å². The number of aliphatic carboxylic acids is 1. The van der Waals surface area contributed by atoms with Gasteiger partial charge in [0, 0.05) is 23.9 Å². The van der Waals surface area contributed by atoms with Gasteiger partial charge in [0.05, 0.1) is 11.2 Å². The summed E-state index contributed by atoms with van der Waals surface area (Å²) in [4.78, 5) is 25.2. The Morgan fingerprint density at radius 3 is 2.68 bits per heavy atom. The fourth-order valence-electron chi connectivity index (χ4n) is 2.55. The van der Waals surface area contributed by atoms with Gasteiger partial charge < -0.3 is 10.0 Å². The number of halogens is 1. The zero-order valence-corrected chi connectivity index (χ0v) is 14.1. The highest BCUT2D eigenvalue weighted by Crippen LogP contribution is 2.30. The van der Waals surface area contributed by atoms with Crippen molar-refractivity contribution in [2.75, 3.05) is 18.8 Å². The predicted molar refractivity (Wildman–Crippen MR) is 89.2 cm³/mol. The minimum Gasteiger partial charge on any atom is -0.481 e. The summed E-state index contributed by atoms with van der Waals surface area (Å²) < 4.78 is 0. The van der Waals surface area contributed by atoms with E-state index in [-0.39, 0.29) is 5.91 Å². The SMILES string of the molecule is CC1(C(=O)O)CCCN(C(=O)CSCc2ccc(Cl)cc2)C1. The molecule has 0 aromatic heterocycles. The number of hydrogen-bond acceptors (Lipinski definition) is 3. The van der Waals surface area contributed by atoms with Crippen LogP contribution in [0.4, 0.5) is 0 Å². The third kappa shape index (κ3) is 4.40. The lowest BCUT2D eigenvalue weighted by molar-refractivity contribution is -0.153. The van der Waals surface area contributed by atoms with E-state index in [2.05, 4.69) is 0 Å². The lowest BCUT2D eigenvalue weighted by atomic mass is 9.82. The first kappa shape index (κ1) is 17.2. The molecule has 1 fully saturated rings. The number of thioether (sulfide) groups is 1. The number of carboxylic acids is 1. The van der Waals surface area contributed by atoms with E-state index in [1.54, 1.807) is 23.6 Å². The van der Waals surface area contributed by atoms with Crippen molar-refractivity contribution in [1.29, 1.82) is 0 Å². The number of rotatable bonds is 5. The largest absolute Gasteiger partial charge is 0.481 e. The van der Waals surface area contributed by atoms with Crippen molar-refractivity contribution in [2.24, 2.45) is 5.41 Å². The Kier molecular flexibility index (Phi) is 5.75. The third-order valence-corrected chi connectivity index (χ3v) is 5.21. The second-order valence-electron chi connectivity index (χ2n) is 5.90. The number of carbonyl (C=O) groups excluding carboxylic acids is 1. The van der Waals surface area contributed by atoms with Gasteiger partial charge in [-0.1, -0.05) is 23.7 Å². The first-order valence-electron chi connectivity index (χ1n) is 7.24. The molecular weight excluding hydrogens is 322 g/mol. The van der Waals surface area contributed by atoms with Gasteiger partial charge in [-0.25, -0.2) is 0 Å². The van der Waals surface area contributed by atoms with E-state index in [0.717, 1.165) is 17.7 Å². The summed E-state index contributed by atoms with van der Waals surface area (Å²) in [5, 5.41) is 9.99. The maximum absolute atomic E-state index is 12.2. The summed E-state index contributed by atoms with van der Waals surface area (Å²) in [7, 11) is 0. The van der Waals surface area contributed by atoms with Crippen molar-refractivity contribution in [2.45, 2.75) is 25.5 Å². The van der Waals surface area contributed by atoms with Crippen molar-refractivity contribution in [3.8, 4) is 0 Å². The molecule has 0 saturated carbocycles. The summed E-state index contributed by atoms with van der Waals surface area (Å²) >= 11 is 7.38. The third-order valence-electron chi connectivity index (χ3n) is 3.97. The number of likely N-dealkylation sites (tertiary alicyclic amines) is 1. The van der Waals surface area contributed by atoms with Crippen LogP contribution >= 0.6 is 23.4 Å². The van der Waals surface area contributed by atoms with Gasteiger partial charge in [-0.15, -0.1) is 11.8 Å². The van der Waals surface area contributed by atoms with Crippen molar-refractivity contribution in [3.63, 3.8) is 0 Å². The molecule has 1 saturated heterocycles. The van der Waals surface area contributed by atoms with Gasteiger partial charge in [0.25, 0.3) is 0 Å². The molecule has 0 radical (unpaired) electrons. The molecule has 1 heterocycles. The second-order valence-corrected chi connectivity index (χ2v) is 7.33. The Bertz CT molecular complexity index is 549. The number of carboxylic acid groups (broad SMARTS) is 1. The number of piperidine rings is 1. The molecule has 1 aromatic rings. The lowest BCUT2D eigenvalue weighted by Gasteiger charge is -2.37. The van der Waals surface area contributed by atoms with Gasteiger partial charge in [0.1, 0.15) is 0 Å². The molecule has 1 atom stereocenters. The molecule has 120 valence electrons. The molecular formula is C16H20ClNO3S. The standard InChI is InChI=1S/C16H20ClNO3S/c1-16(15(20)21)7-2-8-18(11-16)14(19)10-22-9-12-3-5-13(17)6-4-12/h3-6H,2,7-11H2,1H3,(H,20,21). The predicted octanol–water partition coefficient (Wildman–Crippen LogP) is 3.29. The Balaban J connectivity index is 1.82. The summed E-state index contributed by atoms with van der Waals surface area (Å²) in [5.74, 6) is 0.315. The van der Waals surface area contributed by atoms with Crippen LogP contribution in [-0.4, -0.2) is 40.7 Å². The van der Waals surface area contributed by atoms with Crippen LogP contribution in [0.25, 0.3) is 0 Å². The molecule has 22 heavy (non-hydrogen) atoms. The van der Waals surface area contributed by atoms with Gasteiger partial charge in [0.2, 0.25) is 5.91 Å². The Hall–Kier alpha value is -1.20. The quantitative estimate of drug-likeness (QED) is 0.892. The second kappa shape index (κ2) is 7.38. The smallest absolute Gasteiger partial charge is 0.311 e. The van der Waals surface area contributed by atoms with Crippen molar-refractivity contribution in [1.82, 2.24) is 4.90 Å². The molecule has 0 aliphatic carbocycles. The van der Waals surface area contributed by atoms with E-state index in [1.165, 1.54) is 0 Å². The summed E-state index contributed by atoms with van der Waals surface area (Å²) in [6, 6.07) is 7.56. The van der Waals surface area contributed by atoms with E-state index >= 15 is 0 Å². The van der Waals surface area contributed by atoms with E-state index in [1.807, 2.05) is 24.3 Å². The highest BCUT2D eigenvalue weighted by molar-refractivity contribution is 7.99. The van der Waals surface area contributed by atoms with Crippen molar-refractivity contribution in [3.05, 3.63) is 34.9 Å². The highest BCUT2D eigenvalue weighted by Gasteiger charge is 2.39. The average Bonchev–Trinajstić information content (AvgIpc) is 2.49. The van der Waals surface area contributed by atoms with Crippen LogP contribution in [0.1, 0.15) is 25.3 Å². The first-order valence-corrected chi connectivity index (χ1v) is 8.77.